The molecule has 7 nitrogen and oxygen atoms in total. The number of amides is 2. The third-order valence-electron chi connectivity index (χ3n) is 6.19. The van der Waals surface area contributed by atoms with E-state index in [9.17, 15) is 9.59 Å². The maximum absolute atomic E-state index is 13.6. The van der Waals surface area contributed by atoms with Crippen LogP contribution in [-0.4, -0.2) is 37.8 Å². The fraction of sp³-hybridized carbons (Fsp3) is 0.273. The molecule has 2 aromatic heterocycles. The lowest BCUT2D eigenvalue weighted by molar-refractivity contribution is -0.121. The number of para-hydroxylation sites is 1. The molecule has 1 aromatic carbocycles. The predicted molar refractivity (Wildman–Crippen MR) is 107 cm³/mol. The quantitative estimate of drug-likeness (QED) is 0.733. The van der Waals surface area contributed by atoms with Gasteiger partial charge in [-0.3, -0.25) is 14.6 Å². The number of fused-ring (bicyclic) bond motifs is 2. The Kier molecular flexibility index (Phi) is 3.81. The number of rotatable bonds is 2. The average molecular weight is 387 g/mol. The Labute approximate surface area is 168 Å². The molecule has 146 valence electrons. The Bertz CT molecular complexity index is 1140. The number of carbonyl (C=O) groups excluding carboxylic acids is 2. The van der Waals surface area contributed by atoms with Crippen molar-refractivity contribution >= 4 is 17.5 Å². The molecule has 2 aliphatic rings. The number of nitrogens with zero attached hydrogens (tertiary/aromatic N) is 4. The summed E-state index contributed by atoms with van der Waals surface area (Å²) < 4.78 is 1.89. The van der Waals surface area contributed by atoms with Gasteiger partial charge in [0.1, 0.15) is 17.3 Å². The van der Waals surface area contributed by atoms with E-state index in [1.54, 1.807) is 29.4 Å². The second-order valence-corrected chi connectivity index (χ2v) is 7.65. The lowest BCUT2D eigenvalue weighted by Crippen LogP contribution is -2.44. The number of pyridine rings is 1. The van der Waals surface area contributed by atoms with Crippen molar-refractivity contribution in [2.24, 2.45) is 7.05 Å². The van der Waals surface area contributed by atoms with Crippen LogP contribution in [0.4, 0.5) is 5.69 Å². The van der Waals surface area contributed by atoms with Crippen molar-refractivity contribution in [1.82, 2.24) is 19.4 Å². The molecule has 29 heavy (non-hydrogen) atoms. The number of anilines is 1. The molecule has 4 heterocycles. The highest BCUT2D eigenvalue weighted by Crippen LogP contribution is 2.54. The first-order chi connectivity index (χ1) is 14.0. The molecule has 0 saturated carbocycles. The molecule has 2 atom stereocenters. The highest BCUT2D eigenvalue weighted by atomic mass is 16.2. The first-order valence-electron chi connectivity index (χ1n) is 9.65. The van der Waals surface area contributed by atoms with Crippen molar-refractivity contribution in [3.63, 3.8) is 0 Å². The van der Waals surface area contributed by atoms with Crippen LogP contribution in [-0.2, 0) is 17.3 Å². The summed E-state index contributed by atoms with van der Waals surface area (Å²) in [4.78, 5) is 37.5. The van der Waals surface area contributed by atoms with Crippen LogP contribution in [0.25, 0.3) is 0 Å². The normalized spacial score (nSPS) is 22.8. The predicted octanol–water partition coefficient (Wildman–Crippen LogP) is 2.60. The van der Waals surface area contributed by atoms with Crippen molar-refractivity contribution in [3.05, 3.63) is 77.6 Å². The molecule has 0 aliphatic carbocycles. The van der Waals surface area contributed by atoms with E-state index in [2.05, 4.69) is 15.3 Å². The van der Waals surface area contributed by atoms with E-state index in [1.165, 1.54) is 0 Å². The van der Waals surface area contributed by atoms with Crippen molar-refractivity contribution in [1.29, 1.82) is 0 Å². The van der Waals surface area contributed by atoms with Gasteiger partial charge < -0.3 is 14.8 Å². The number of hydrogen-bond acceptors (Lipinski definition) is 4. The SMILES string of the molecule is Cc1ncccc1C(=O)N1CC[C@]2(C(=O)Nc3ccccc32)[C@@H]1c1nccn1C. The topological polar surface area (TPSA) is 80.1 Å². The first kappa shape index (κ1) is 17.6. The van der Waals surface area contributed by atoms with Gasteiger partial charge in [-0.2, -0.15) is 0 Å². The number of likely N-dealkylation sites (tertiary alicyclic amines) is 1. The van der Waals surface area contributed by atoms with Crippen LogP contribution in [0.1, 0.15) is 39.9 Å². The maximum atomic E-state index is 13.6. The zero-order chi connectivity index (χ0) is 20.2. The highest BCUT2D eigenvalue weighted by Gasteiger charge is 2.60. The van der Waals surface area contributed by atoms with Gasteiger partial charge in [0.05, 0.1) is 5.56 Å². The molecule has 7 heteroatoms. The van der Waals surface area contributed by atoms with Crippen LogP contribution in [0, 0.1) is 6.92 Å². The zero-order valence-electron chi connectivity index (χ0n) is 16.3. The first-order valence-corrected chi connectivity index (χ1v) is 9.65. The molecule has 5 rings (SSSR count). The van der Waals surface area contributed by atoms with Crippen LogP contribution in [0.5, 0.6) is 0 Å². The summed E-state index contributed by atoms with van der Waals surface area (Å²) in [6, 6.07) is 10.8. The van der Waals surface area contributed by atoms with Crippen LogP contribution in [0.15, 0.2) is 55.0 Å². The molecule has 0 radical (unpaired) electrons. The van der Waals surface area contributed by atoms with Gasteiger partial charge >= 0.3 is 0 Å². The number of carbonyl (C=O) groups is 2. The molecule has 1 N–H and O–H groups in total. The maximum Gasteiger partial charge on any atom is 0.256 e. The minimum Gasteiger partial charge on any atom is -0.336 e. The Morgan fingerprint density at radius 3 is 2.76 bits per heavy atom. The third kappa shape index (κ3) is 2.36. The van der Waals surface area contributed by atoms with Crippen LogP contribution >= 0.6 is 0 Å². The fourth-order valence-corrected chi connectivity index (χ4v) is 4.77. The summed E-state index contributed by atoms with van der Waals surface area (Å²) in [7, 11) is 1.89. The van der Waals surface area contributed by atoms with Gasteiger partial charge in [0.2, 0.25) is 5.91 Å². The van der Waals surface area contributed by atoms with Gasteiger partial charge in [-0.15, -0.1) is 0 Å². The Morgan fingerprint density at radius 2 is 2.00 bits per heavy atom. The highest BCUT2D eigenvalue weighted by molar-refractivity contribution is 6.08. The van der Waals surface area contributed by atoms with E-state index in [1.807, 2.05) is 49.0 Å². The second kappa shape index (κ2) is 6.27. The van der Waals surface area contributed by atoms with E-state index >= 15 is 0 Å². The van der Waals surface area contributed by atoms with Crippen molar-refractivity contribution in [2.45, 2.75) is 24.8 Å². The van der Waals surface area contributed by atoms with Crippen LogP contribution < -0.4 is 5.32 Å². The molecule has 2 aliphatic heterocycles. The van der Waals surface area contributed by atoms with Gasteiger partial charge in [-0.1, -0.05) is 18.2 Å². The lowest BCUT2D eigenvalue weighted by Gasteiger charge is -2.33. The monoisotopic (exact) mass is 387 g/mol. The number of nitrogens with one attached hydrogen (secondary N) is 1. The zero-order valence-corrected chi connectivity index (χ0v) is 16.3. The number of aryl methyl sites for hydroxylation is 2. The smallest absolute Gasteiger partial charge is 0.256 e. The summed E-state index contributed by atoms with van der Waals surface area (Å²) in [5, 5.41) is 3.03. The van der Waals surface area contributed by atoms with Crippen molar-refractivity contribution < 1.29 is 9.59 Å². The Hall–Kier alpha value is -3.48. The average Bonchev–Trinajstić information content (AvgIpc) is 3.39. The summed E-state index contributed by atoms with van der Waals surface area (Å²) in [5.74, 6) is 0.492. The van der Waals surface area contributed by atoms with Gasteiger partial charge in [0, 0.05) is 43.6 Å². The van der Waals surface area contributed by atoms with Gasteiger partial charge in [0.25, 0.3) is 5.91 Å². The molecule has 1 fully saturated rings. The van der Waals surface area contributed by atoms with E-state index in [4.69, 9.17) is 0 Å². The number of imidazole rings is 1. The number of aromatic nitrogens is 3. The number of benzene rings is 1. The van der Waals surface area contributed by atoms with Crippen LogP contribution in [0.3, 0.4) is 0 Å². The fourth-order valence-electron chi connectivity index (χ4n) is 4.77. The molecule has 0 bridgehead atoms. The summed E-state index contributed by atoms with van der Waals surface area (Å²) in [6.45, 7) is 2.29. The summed E-state index contributed by atoms with van der Waals surface area (Å²) in [6.07, 6.45) is 5.77. The van der Waals surface area contributed by atoms with Gasteiger partial charge in [-0.05, 0) is 37.1 Å². The molecule has 1 saturated heterocycles. The summed E-state index contributed by atoms with van der Waals surface area (Å²) >= 11 is 0. The number of hydrogen-bond donors (Lipinski definition) is 1. The van der Waals surface area contributed by atoms with E-state index in [0.29, 0.717) is 30.0 Å². The molecule has 1 spiro atoms. The van der Waals surface area contributed by atoms with Gasteiger partial charge in [0.15, 0.2) is 0 Å². The summed E-state index contributed by atoms with van der Waals surface area (Å²) in [5.41, 5.74) is 2.10. The molecule has 3 aromatic rings. The van der Waals surface area contributed by atoms with Crippen molar-refractivity contribution in [2.75, 3.05) is 11.9 Å². The van der Waals surface area contributed by atoms with Crippen molar-refractivity contribution in [3.8, 4) is 0 Å². The van der Waals surface area contributed by atoms with E-state index < -0.39 is 11.5 Å². The third-order valence-corrected chi connectivity index (χ3v) is 6.19. The Morgan fingerprint density at radius 1 is 1.17 bits per heavy atom. The Balaban J connectivity index is 1.69. The largest absolute Gasteiger partial charge is 0.336 e. The van der Waals surface area contributed by atoms with E-state index in [-0.39, 0.29) is 11.8 Å². The minimum absolute atomic E-state index is 0.0788. The molecule has 0 unspecified atom stereocenters. The lowest BCUT2D eigenvalue weighted by atomic mass is 9.74. The van der Waals surface area contributed by atoms with Crippen LogP contribution in [0.2, 0.25) is 0 Å². The standard InChI is InChI=1S/C22H21N5O2/c1-14-15(6-5-10-23-14)20(28)27-12-9-22(18(27)19-24-11-13-26(19)2)16-7-3-4-8-17(16)25-21(22)29/h3-8,10-11,13,18H,9,12H2,1-2H3,(H,25,29)/t18-,22+/m0/s1. The minimum atomic E-state index is -0.860. The van der Waals surface area contributed by atoms with E-state index in [0.717, 1.165) is 11.3 Å². The molecular weight excluding hydrogens is 366 g/mol. The van der Waals surface area contributed by atoms with Gasteiger partial charge in [-0.25, -0.2) is 4.98 Å². The molecule has 2 amide bonds. The molecular formula is C22H21N5O2. The second-order valence-electron chi connectivity index (χ2n) is 7.65.